The van der Waals surface area contributed by atoms with Crippen LogP contribution in [0.15, 0.2) is 18.2 Å². The largest absolute Gasteiger partial charge is 0.490 e. The van der Waals surface area contributed by atoms with Gasteiger partial charge in [-0.25, -0.2) is 4.39 Å². The van der Waals surface area contributed by atoms with E-state index in [4.69, 9.17) is 22.1 Å². The zero-order valence-corrected chi connectivity index (χ0v) is 9.58. The minimum absolute atomic E-state index is 0. The van der Waals surface area contributed by atoms with Crippen LogP contribution in [-0.2, 0) is 0 Å². The summed E-state index contributed by atoms with van der Waals surface area (Å²) in [6, 6.07) is 4.04. The van der Waals surface area contributed by atoms with Gasteiger partial charge in [0.15, 0.2) is 0 Å². The molecule has 1 aromatic rings. The molecular formula is C10H12Cl2FNO. The summed E-state index contributed by atoms with van der Waals surface area (Å²) in [5, 5.41) is 0.413. The topological polar surface area (TPSA) is 35.2 Å². The molecule has 1 saturated carbocycles. The Morgan fingerprint density at radius 2 is 2.13 bits per heavy atom. The second-order valence-electron chi connectivity index (χ2n) is 3.73. The average molecular weight is 252 g/mol. The normalized spacial score (nSPS) is 16.7. The third-order valence-corrected chi connectivity index (χ3v) is 2.61. The van der Waals surface area contributed by atoms with Crippen molar-refractivity contribution in [1.82, 2.24) is 0 Å². The van der Waals surface area contributed by atoms with Crippen molar-refractivity contribution in [3.8, 4) is 5.75 Å². The second kappa shape index (κ2) is 4.56. The molecule has 2 rings (SSSR count). The van der Waals surface area contributed by atoms with E-state index in [0.717, 1.165) is 12.8 Å². The van der Waals surface area contributed by atoms with Gasteiger partial charge in [0.05, 0.1) is 10.6 Å². The molecule has 1 aromatic carbocycles. The molecule has 1 fully saturated rings. The van der Waals surface area contributed by atoms with E-state index in [2.05, 4.69) is 0 Å². The van der Waals surface area contributed by atoms with Crippen molar-refractivity contribution >= 4 is 24.0 Å². The fourth-order valence-electron chi connectivity index (χ4n) is 1.11. The predicted molar refractivity (Wildman–Crippen MR) is 60.3 cm³/mol. The molecule has 0 amide bonds. The Bertz CT molecular complexity index is 355. The third-order valence-electron chi connectivity index (χ3n) is 2.30. The summed E-state index contributed by atoms with van der Waals surface area (Å²) in [6.45, 7) is 0.399. The number of halogens is 3. The van der Waals surface area contributed by atoms with Crippen LogP contribution in [0.1, 0.15) is 12.8 Å². The first kappa shape index (κ1) is 12.6. The molecular weight excluding hydrogens is 240 g/mol. The zero-order chi connectivity index (χ0) is 10.2. The van der Waals surface area contributed by atoms with E-state index < -0.39 is 0 Å². The lowest BCUT2D eigenvalue weighted by atomic mass is 10.3. The molecule has 0 radical (unpaired) electrons. The van der Waals surface area contributed by atoms with Crippen molar-refractivity contribution in [3.63, 3.8) is 0 Å². The molecule has 2 N–H and O–H groups in total. The maximum absolute atomic E-state index is 12.8. The fraction of sp³-hybridized carbons (Fsp3) is 0.400. The van der Waals surface area contributed by atoms with Gasteiger partial charge in [0.25, 0.3) is 0 Å². The Labute approximate surface area is 99.0 Å². The lowest BCUT2D eigenvalue weighted by Crippen LogP contribution is -2.29. The Hall–Kier alpha value is -0.510. The number of nitrogens with two attached hydrogens (primary N) is 1. The van der Waals surface area contributed by atoms with Gasteiger partial charge in [-0.1, -0.05) is 11.6 Å². The molecule has 0 aromatic heterocycles. The fourth-order valence-corrected chi connectivity index (χ4v) is 1.29. The van der Waals surface area contributed by atoms with Gasteiger partial charge in [0.2, 0.25) is 0 Å². The van der Waals surface area contributed by atoms with Crippen molar-refractivity contribution in [2.24, 2.45) is 5.73 Å². The smallest absolute Gasteiger partial charge is 0.140 e. The first-order valence-corrected chi connectivity index (χ1v) is 4.84. The summed E-state index contributed by atoms with van der Waals surface area (Å²) in [7, 11) is 0. The van der Waals surface area contributed by atoms with Crippen molar-refractivity contribution in [2.75, 3.05) is 6.61 Å². The van der Waals surface area contributed by atoms with E-state index in [9.17, 15) is 4.39 Å². The van der Waals surface area contributed by atoms with Gasteiger partial charge < -0.3 is 10.5 Å². The number of hydrogen-bond acceptors (Lipinski definition) is 2. The van der Waals surface area contributed by atoms with Crippen LogP contribution in [0.5, 0.6) is 5.75 Å². The standard InChI is InChI=1S/C10H11ClFNO.ClH/c11-8-2-1-7(12)5-9(8)14-6-10(13)3-4-10;/h1-2,5H,3-4,6,13H2;1H. The maximum Gasteiger partial charge on any atom is 0.140 e. The molecule has 15 heavy (non-hydrogen) atoms. The van der Waals surface area contributed by atoms with E-state index in [-0.39, 0.29) is 23.8 Å². The molecule has 1 aliphatic rings. The lowest BCUT2D eigenvalue weighted by molar-refractivity contribution is 0.278. The van der Waals surface area contributed by atoms with Crippen molar-refractivity contribution < 1.29 is 9.13 Å². The van der Waals surface area contributed by atoms with Gasteiger partial charge in [0, 0.05) is 6.07 Å². The predicted octanol–water partition coefficient (Wildman–Crippen LogP) is 2.77. The molecule has 0 bridgehead atoms. The Morgan fingerprint density at radius 3 is 2.73 bits per heavy atom. The van der Waals surface area contributed by atoms with Gasteiger partial charge in [-0.05, 0) is 25.0 Å². The molecule has 0 unspecified atom stereocenters. The average Bonchev–Trinajstić information content (AvgIpc) is 2.87. The lowest BCUT2D eigenvalue weighted by Gasteiger charge is -2.12. The van der Waals surface area contributed by atoms with E-state index >= 15 is 0 Å². The molecule has 84 valence electrons. The Balaban J connectivity index is 0.00000112. The highest BCUT2D eigenvalue weighted by molar-refractivity contribution is 6.32. The Kier molecular flexibility index (Phi) is 3.82. The van der Waals surface area contributed by atoms with Gasteiger partial charge in [-0.3, -0.25) is 0 Å². The molecule has 0 atom stereocenters. The van der Waals surface area contributed by atoms with Gasteiger partial charge in [0.1, 0.15) is 18.2 Å². The summed E-state index contributed by atoms with van der Waals surface area (Å²) in [5.41, 5.74) is 5.61. The molecule has 0 heterocycles. The van der Waals surface area contributed by atoms with Gasteiger partial charge >= 0.3 is 0 Å². The molecule has 0 spiro atoms. The highest BCUT2D eigenvalue weighted by Gasteiger charge is 2.39. The minimum Gasteiger partial charge on any atom is -0.490 e. The van der Waals surface area contributed by atoms with E-state index in [1.807, 2.05) is 0 Å². The maximum atomic E-state index is 12.8. The molecule has 1 aliphatic carbocycles. The number of rotatable bonds is 3. The summed E-state index contributed by atoms with van der Waals surface area (Å²) < 4.78 is 18.2. The summed E-state index contributed by atoms with van der Waals surface area (Å²) >= 11 is 5.81. The monoisotopic (exact) mass is 251 g/mol. The van der Waals surface area contributed by atoms with Crippen LogP contribution < -0.4 is 10.5 Å². The van der Waals surface area contributed by atoms with Crippen LogP contribution in [-0.4, -0.2) is 12.1 Å². The highest BCUT2D eigenvalue weighted by atomic mass is 35.5. The first-order valence-electron chi connectivity index (χ1n) is 4.46. The van der Waals surface area contributed by atoms with Gasteiger partial charge in [-0.2, -0.15) is 0 Å². The van der Waals surface area contributed by atoms with Gasteiger partial charge in [-0.15, -0.1) is 12.4 Å². The SMILES string of the molecule is Cl.NC1(COc2cc(F)ccc2Cl)CC1. The van der Waals surface area contributed by atoms with Crippen LogP contribution in [0.25, 0.3) is 0 Å². The van der Waals surface area contributed by atoms with Crippen LogP contribution in [0, 0.1) is 5.82 Å². The minimum atomic E-state index is -0.355. The molecule has 2 nitrogen and oxygen atoms in total. The third kappa shape index (κ3) is 3.23. The quantitative estimate of drug-likeness (QED) is 0.897. The first-order chi connectivity index (χ1) is 6.59. The summed E-state index contributed by atoms with van der Waals surface area (Å²) in [4.78, 5) is 0. The number of benzene rings is 1. The highest BCUT2D eigenvalue weighted by Crippen LogP contribution is 2.34. The van der Waals surface area contributed by atoms with Crippen molar-refractivity contribution in [3.05, 3.63) is 29.0 Å². The summed E-state index contributed by atoms with van der Waals surface area (Å²) in [6.07, 6.45) is 1.92. The zero-order valence-electron chi connectivity index (χ0n) is 8.00. The van der Waals surface area contributed by atoms with Crippen molar-refractivity contribution in [2.45, 2.75) is 18.4 Å². The van der Waals surface area contributed by atoms with E-state index in [1.165, 1.54) is 18.2 Å². The van der Waals surface area contributed by atoms with E-state index in [1.54, 1.807) is 0 Å². The number of hydrogen-bond donors (Lipinski definition) is 1. The Morgan fingerprint density at radius 1 is 1.47 bits per heavy atom. The van der Waals surface area contributed by atoms with Crippen molar-refractivity contribution in [1.29, 1.82) is 0 Å². The van der Waals surface area contributed by atoms with Crippen LogP contribution >= 0.6 is 24.0 Å². The summed E-state index contributed by atoms with van der Waals surface area (Å²) in [5.74, 6) is 0.00894. The second-order valence-corrected chi connectivity index (χ2v) is 4.13. The molecule has 0 saturated heterocycles. The number of ether oxygens (including phenoxy) is 1. The molecule has 5 heteroatoms. The van der Waals surface area contributed by atoms with Crippen LogP contribution in [0.3, 0.4) is 0 Å². The van der Waals surface area contributed by atoms with Crippen LogP contribution in [0.2, 0.25) is 5.02 Å². The molecule has 0 aliphatic heterocycles. The van der Waals surface area contributed by atoms with E-state index in [0.29, 0.717) is 17.4 Å². The van der Waals surface area contributed by atoms with Crippen LogP contribution in [0.4, 0.5) is 4.39 Å².